The summed E-state index contributed by atoms with van der Waals surface area (Å²) in [6, 6.07) is 5.99. The lowest BCUT2D eigenvalue weighted by atomic mass is 9.88. The van der Waals surface area contributed by atoms with Gasteiger partial charge in [-0.2, -0.15) is 0 Å². The lowest BCUT2D eigenvalue weighted by Crippen LogP contribution is -2.55. The monoisotopic (exact) mass is 554 g/mol. The van der Waals surface area contributed by atoms with E-state index in [4.69, 9.17) is 26.4 Å². The third kappa shape index (κ3) is 6.59. The molecule has 0 aliphatic carbocycles. The van der Waals surface area contributed by atoms with Gasteiger partial charge in [0, 0.05) is 18.5 Å². The molecule has 0 radical (unpaired) electrons. The fraction of sp³-hybridized carbons (Fsp3) is 0.417. The van der Waals surface area contributed by atoms with Gasteiger partial charge in [-0.15, -0.1) is 0 Å². The number of amides is 1. The lowest BCUT2D eigenvalue weighted by molar-refractivity contribution is 0.0435. The second kappa shape index (κ2) is 11.1. The normalized spacial score (nSPS) is 16.3. The first-order valence-corrected chi connectivity index (χ1v) is 13.3. The molecule has 0 fully saturated rings. The number of rotatable bonds is 8. The van der Waals surface area contributed by atoms with Crippen LogP contribution in [-0.2, 0) is 16.4 Å². The maximum atomic E-state index is 13.8. The van der Waals surface area contributed by atoms with E-state index in [1.807, 2.05) is 13.8 Å². The first-order chi connectivity index (χ1) is 17.3. The van der Waals surface area contributed by atoms with E-state index in [-0.39, 0.29) is 39.5 Å². The van der Waals surface area contributed by atoms with Gasteiger partial charge in [0.15, 0.2) is 5.11 Å². The molecule has 2 aromatic carbocycles. The van der Waals surface area contributed by atoms with Crippen LogP contribution in [0.25, 0.3) is 0 Å². The van der Waals surface area contributed by atoms with Crippen LogP contribution in [-0.4, -0.2) is 51.3 Å². The smallest absolute Gasteiger partial charge is 0.267 e. The number of hydrogen-bond donors (Lipinski definition) is 4. The predicted molar refractivity (Wildman–Crippen MR) is 140 cm³/mol. The molecule has 0 bridgehead atoms. The van der Waals surface area contributed by atoms with Crippen LogP contribution in [0, 0.1) is 5.82 Å². The Kier molecular flexibility index (Phi) is 8.50. The molecule has 1 atom stereocenters. The summed E-state index contributed by atoms with van der Waals surface area (Å²) in [6.07, 6.45) is 0.232. The number of carbonyl (C=O) groups is 1. The largest absolute Gasteiger partial charge is 0.496 e. The number of carbonyl (C=O) groups excluding carboxylic acids is 1. The van der Waals surface area contributed by atoms with Gasteiger partial charge in [0.05, 0.1) is 25.8 Å². The van der Waals surface area contributed by atoms with Gasteiger partial charge in [-0.3, -0.25) is 14.9 Å². The molecule has 10 nitrogen and oxygen atoms in total. The molecule has 1 aliphatic heterocycles. The van der Waals surface area contributed by atoms with Gasteiger partial charge in [-0.05, 0) is 69.7 Å². The molecule has 13 heteroatoms. The van der Waals surface area contributed by atoms with Crippen LogP contribution in [0.15, 0.2) is 35.2 Å². The van der Waals surface area contributed by atoms with E-state index in [0.29, 0.717) is 11.3 Å². The van der Waals surface area contributed by atoms with Crippen molar-refractivity contribution in [3.63, 3.8) is 0 Å². The third-order valence-electron chi connectivity index (χ3n) is 5.69. The van der Waals surface area contributed by atoms with E-state index in [1.54, 1.807) is 13.8 Å². The van der Waals surface area contributed by atoms with Gasteiger partial charge in [0.25, 0.3) is 15.9 Å². The summed E-state index contributed by atoms with van der Waals surface area (Å²) < 4.78 is 59.0. The summed E-state index contributed by atoms with van der Waals surface area (Å²) in [7, 11) is -1.39. The highest BCUT2D eigenvalue weighted by Gasteiger charge is 2.40. The molecule has 0 aromatic heterocycles. The second-order valence-corrected chi connectivity index (χ2v) is 11.3. The van der Waals surface area contributed by atoms with Crippen molar-refractivity contribution in [2.24, 2.45) is 0 Å². The molecule has 1 amide bonds. The summed E-state index contributed by atoms with van der Waals surface area (Å²) in [4.78, 5) is 12.9. The molecule has 0 saturated heterocycles. The van der Waals surface area contributed by atoms with E-state index < -0.39 is 33.4 Å². The van der Waals surface area contributed by atoms with Crippen LogP contribution in [0.2, 0.25) is 0 Å². The number of nitrogens with one attached hydrogen (secondary N) is 4. The second-order valence-electron chi connectivity index (χ2n) is 9.25. The zero-order valence-electron chi connectivity index (χ0n) is 21.4. The Balaban J connectivity index is 1.91. The van der Waals surface area contributed by atoms with Crippen molar-refractivity contribution in [1.29, 1.82) is 0 Å². The fourth-order valence-electron chi connectivity index (χ4n) is 3.76. The van der Waals surface area contributed by atoms with Crippen LogP contribution >= 0.6 is 12.2 Å². The Labute approximate surface area is 221 Å². The summed E-state index contributed by atoms with van der Waals surface area (Å²) >= 11 is 5.08. The molecule has 1 aliphatic rings. The van der Waals surface area contributed by atoms with Crippen molar-refractivity contribution in [1.82, 2.24) is 20.9 Å². The van der Waals surface area contributed by atoms with E-state index in [0.717, 1.165) is 6.07 Å². The Bertz CT molecular complexity index is 1300. The molecular formula is C24H31FN4O6S2. The van der Waals surface area contributed by atoms with Gasteiger partial charge < -0.3 is 19.5 Å². The van der Waals surface area contributed by atoms with Crippen LogP contribution in [0.3, 0.4) is 0 Å². The minimum Gasteiger partial charge on any atom is -0.496 e. The third-order valence-corrected chi connectivity index (χ3v) is 7.39. The Morgan fingerprint density at radius 3 is 2.46 bits per heavy atom. The summed E-state index contributed by atoms with van der Waals surface area (Å²) in [5.41, 5.74) is 5.10. The van der Waals surface area contributed by atoms with Crippen molar-refractivity contribution >= 4 is 33.3 Å². The fourth-order valence-corrected chi connectivity index (χ4v) is 5.26. The van der Waals surface area contributed by atoms with E-state index in [2.05, 4.69) is 20.9 Å². The number of thiocarbonyl (C=S) groups is 1. The number of benzene rings is 2. The van der Waals surface area contributed by atoms with E-state index >= 15 is 0 Å². The van der Waals surface area contributed by atoms with Crippen molar-refractivity contribution < 1.29 is 31.8 Å². The highest BCUT2D eigenvalue weighted by molar-refractivity contribution is 7.92. The Hall–Kier alpha value is -3.16. The maximum Gasteiger partial charge on any atom is 0.267 e. The van der Waals surface area contributed by atoms with Crippen LogP contribution in [0.5, 0.6) is 17.2 Å². The molecule has 1 unspecified atom stereocenters. The number of halogens is 1. The van der Waals surface area contributed by atoms with Crippen molar-refractivity contribution in [2.75, 3.05) is 14.2 Å². The van der Waals surface area contributed by atoms with Crippen LogP contribution < -0.4 is 35.1 Å². The summed E-state index contributed by atoms with van der Waals surface area (Å²) in [5, 5.41) is 2.73. The number of methoxy groups -OCH3 is 2. The van der Waals surface area contributed by atoms with Crippen LogP contribution in [0.4, 0.5) is 4.39 Å². The topological polar surface area (TPSA) is 127 Å². The molecule has 2 aromatic rings. The molecule has 0 spiro atoms. The predicted octanol–water partition coefficient (Wildman–Crippen LogP) is 2.42. The average molecular weight is 555 g/mol. The zero-order valence-corrected chi connectivity index (χ0v) is 23.0. The molecule has 202 valence electrons. The Morgan fingerprint density at radius 1 is 1.16 bits per heavy atom. The number of ether oxygens (including phenoxy) is 3. The number of hydrazine groups is 1. The average Bonchev–Trinajstić information content (AvgIpc) is 2.81. The van der Waals surface area contributed by atoms with E-state index in [1.165, 1.54) is 38.5 Å². The van der Waals surface area contributed by atoms with Crippen LogP contribution in [0.1, 0.15) is 43.6 Å². The molecule has 1 heterocycles. The first kappa shape index (κ1) is 28.4. The first-order valence-electron chi connectivity index (χ1n) is 11.4. The lowest BCUT2D eigenvalue weighted by Gasteiger charge is -2.40. The van der Waals surface area contributed by atoms with Crippen molar-refractivity contribution in [3.8, 4) is 17.2 Å². The van der Waals surface area contributed by atoms with Gasteiger partial charge in [0.2, 0.25) is 0 Å². The zero-order chi connectivity index (χ0) is 27.5. The molecule has 37 heavy (non-hydrogen) atoms. The highest BCUT2D eigenvalue weighted by Crippen LogP contribution is 2.39. The molecule has 3 rings (SSSR count). The number of fused-ring (bicyclic) bond motifs is 1. The molecule has 4 N–H and O–H groups in total. The number of hydrogen-bond acceptors (Lipinski definition) is 8. The minimum atomic E-state index is -4.13. The van der Waals surface area contributed by atoms with Gasteiger partial charge in [0.1, 0.15) is 33.6 Å². The Morgan fingerprint density at radius 2 is 1.84 bits per heavy atom. The quantitative estimate of drug-likeness (QED) is 0.287. The number of sulfonamides is 1. The van der Waals surface area contributed by atoms with Crippen molar-refractivity contribution in [3.05, 3.63) is 47.3 Å². The minimum absolute atomic E-state index is 0.0146. The summed E-state index contributed by atoms with van der Waals surface area (Å²) in [5.74, 6) is -0.445. The SMILES string of the molecule is COc1ccc(F)cc1C(=O)NC1Cc2cc(S(=O)(=O)NC(=S)NNC(C)C)c(OC)cc2OC1(C)C. The maximum absolute atomic E-state index is 13.8. The van der Waals surface area contributed by atoms with E-state index in [9.17, 15) is 17.6 Å². The molecular weight excluding hydrogens is 523 g/mol. The summed E-state index contributed by atoms with van der Waals surface area (Å²) in [6.45, 7) is 7.29. The molecule has 0 saturated carbocycles. The van der Waals surface area contributed by atoms with Gasteiger partial charge >= 0.3 is 0 Å². The van der Waals surface area contributed by atoms with Crippen molar-refractivity contribution in [2.45, 2.75) is 56.7 Å². The highest BCUT2D eigenvalue weighted by atomic mass is 32.2. The van der Waals surface area contributed by atoms with Gasteiger partial charge in [-0.25, -0.2) is 18.2 Å². The standard InChI is InChI=1S/C24H31FN4O6S2/c1-13(2)27-28-23(36)29-37(31,32)20-9-14-10-21(24(3,4)35-18(14)12-19(20)34-6)26-22(30)16-11-15(25)7-8-17(16)33-5/h7-9,11-13,21,27H,10H2,1-6H3,(H,26,30)(H2,28,29,36). The van der Waals surface area contributed by atoms with Gasteiger partial charge in [-0.1, -0.05) is 0 Å².